The van der Waals surface area contributed by atoms with Crippen molar-refractivity contribution in [3.8, 4) is 11.5 Å². The van der Waals surface area contributed by atoms with E-state index in [9.17, 15) is 13.2 Å². The van der Waals surface area contributed by atoms with Crippen LogP contribution in [0.4, 0.5) is 0 Å². The standard InChI is InChI=1S/C15H21NO5S/c1-16(12-6-7-22(18,19)10-12)15(17)8-11-4-5-13(20-2)9-14(11)21-3/h4-5,9,12H,6-8,10H2,1-3H3/t12-/m1/s1. The smallest absolute Gasteiger partial charge is 0.227 e. The lowest BCUT2D eigenvalue weighted by Crippen LogP contribution is -2.38. The molecule has 7 heteroatoms. The molecule has 0 spiro atoms. The molecule has 6 nitrogen and oxygen atoms in total. The molecule has 0 unspecified atom stereocenters. The van der Waals surface area contributed by atoms with Crippen molar-refractivity contribution in [2.24, 2.45) is 0 Å². The fraction of sp³-hybridized carbons (Fsp3) is 0.533. The molecule has 2 rings (SSSR count). The molecule has 0 radical (unpaired) electrons. The van der Waals surface area contributed by atoms with Crippen molar-refractivity contribution in [2.75, 3.05) is 32.8 Å². The number of hydrogen-bond acceptors (Lipinski definition) is 5. The van der Waals surface area contributed by atoms with Crippen LogP contribution in [0.5, 0.6) is 11.5 Å². The molecule has 22 heavy (non-hydrogen) atoms. The molecule has 1 heterocycles. The zero-order chi connectivity index (χ0) is 16.3. The fourth-order valence-corrected chi connectivity index (χ4v) is 4.34. The van der Waals surface area contributed by atoms with E-state index in [-0.39, 0.29) is 29.9 Å². The van der Waals surface area contributed by atoms with Gasteiger partial charge in [0.15, 0.2) is 9.84 Å². The number of nitrogens with zero attached hydrogens (tertiary/aromatic N) is 1. The molecule has 1 aromatic rings. The maximum Gasteiger partial charge on any atom is 0.227 e. The predicted octanol–water partition coefficient (Wildman–Crippen LogP) is 0.892. The van der Waals surface area contributed by atoms with E-state index in [0.717, 1.165) is 5.56 Å². The van der Waals surface area contributed by atoms with Crippen LogP contribution in [0, 0.1) is 0 Å². The lowest BCUT2D eigenvalue weighted by molar-refractivity contribution is -0.130. The quantitative estimate of drug-likeness (QED) is 0.803. The SMILES string of the molecule is COc1ccc(CC(=O)N(C)[C@@H]2CCS(=O)(=O)C2)c(OC)c1. The number of amides is 1. The molecule has 0 aromatic heterocycles. The zero-order valence-corrected chi connectivity index (χ0v) is 13.9. The number of hydrogen-bond donors (Lipinski definition) is 0. The van der Waals surface area contributed by atoms with E-state index in [1.54, 1.807) is 32.4 Å². The van der Waals surface area contributed by atoms with Crippen molar-refractivity contribution < 1.29 is 22.7 Å². The number of ether oxygens (including phenoxy) is 2. The summed E-state index contributed by atoms with van der Waals surface area (Å²) in [6, 6.07) is 5.05. The third kappa shape index (κ3) is 3.71. The molecular formula is C15H21NO5S. The molecule has 1 aliphatic heterocycles. The molecule has 0 bridgehead atoms. The first kappa shape index (κ1) is 16.6. The van der Waals surface area contributed by atoms with Crippen molar-refractivity contribution in [1.82, 2.24) is 4.90 Å². The van der Waals surface area contributed by atoms with E-state index < -0.39 is 9.84 Å². The lowest BCUT2D eigenvalue weighted by atomic mass is 10.1. The van der Waals surface area contributed by atoms with Crippen molar-refractivity contribution >= 4 is 15.7 Å². The molecule has 1 amide bonds. The topological polar surface area (TPSA) is 72.9 Å². The molecular weight excluding hydrogens is 306 g/mol. The maximum atomic E-state index is 12.4. The van der Waals surface area contributed by atoms with Gasteiger partial charge in [-0.25, -0.2) is 8.42 Å². The first-order valence-corrected chi connectivity index (χ1v) is 8.85. The minimum absolute atomic E-state index is 0.0506. The summed E-state index contributed by atoms with van der Waals surface area (Å²) in [5.74, 6) is 1.32. The highest BCUT2D eigenvalue weighted by Gasteiger charge is 2.32. The van der Waals surface area contributed by atoms with Crippen LogP contribution < -0.4 is 9.47 Å². The molecule has 0 N–H and O–H groups in total. The van der Waals surface area contributed by atoms with E-state index in [2.05, 4.69) is 0 Å². The number of likely N-dealkylation sites (N-methyl/N-ethyl adjacent to an activating group) is 1. The Hall–Kier alpha value is -1.76. The van der Waals surface area contributed by atoms with Gasteiger partial charge in [0.2, 0.25) is 5.91 Å². The Balaban J connectivity index is 2.08. The highest BCUT2D eigenvalue weighted by molar-refractivity contribution is 7.91. The van der Waals surface area contributed by atoms with E-state index in [4.69, 9.17) is 9.47 Å². The Labute approximate surface area is 130 Å². The molecule has 1 aliphatic rings. The Morgan fingerprint density at radius 3 is 2.59 bits per heavy atom. The van der Waals surface area contributed by atoms with Crippen LogP contribution in [0.3, 0.4) is 0 Å². The first-order valence-electron chi connectivity index (χ1n) is 7.03. The average Bonchev–Trinajstić information content (AvgIpc) is 2.86. The number of methoxy groups -OCH3 is 2. The van der Waals surface area contributed by atoms with Gasteiger partial charge in [0, 0.05) is 24.7 Å². The fourth-order valence-electron chi connectivity index (χ4n) is 2.57. The molecule has 0 aliphatic carbocycles. The molecule has 1 saturated heterocycles. The van der Waals surface area contributed by atoms with Gasteiger partial charge in [-0.1, -0.05) is 6.07 Å². The van der Waals surface area contributed by atoms with Crippen LogP contribution in [0.1, 0.15) is 12.0 Å². The van der Waals surface area contributed by atoms with Gasteiger partial charge in [0.25, 0.3) is 0 Å². The Kier molecular flexibility index (Phi) is 4.95. The second-order valence-electron chi connectivity index (χ2n) is 5.42. The van der Waals surface area contributed by atoms with Crippen molar-refractivity contribution in [1.29, 1.82) is 0 Å². The van der Waals surface area contributed by atoms with E-state index in [1.165, 1.54) is 12.0 Å². The summed E-state index contributed by atoms with van der Waals surface area (Å²) in [6.45, 7) is 0. The van der Waals surface area contributed by atoms with Crippen LogP contribution in [-0.4, -0.2) is 58.0 Å². The van der Waals surface area contributed by atoms with Crippen molar-refractivity contribution in [2.45, 2.75) is 18.9 Å². The van der Waals surface area contributed by atoms with E-state index >= 15 is 0 Å². The highest BCUT2D eigenvalue weighted by Crippen LogP contribution is 2.26. The van der Waals surface area contributed by atoms with Gasteiger partial charge >= 0.3 is 0 Å². The zero-order valence-electron chi connectivity index (χ0n) is 13.0. The van der Waals surface area contributed by atoms with Crippen LogP contribution in [0.25, 0.3) is 0 Å². The summed E-state index contributed by atoms with van der Waals surface area (Å²) >= 11 is 0. The highest BCUT2D eigenvalue weighted by atomic mass is 32.2. The number of carbonyl (C=O) groups is 1. The van der Waals surface area contributed by atoms with Crippen LogP contribution in [-0.2, 0) is 21.1 Å². The van der Waals surface area contributed by atoms with Gasteiger partial charge in [0.05, 0.1) is 32.1 Å². The molecule has 0 saturated carbocycles. The third-order valence-corrected chi connectivity index (χ3v) is 5.74. The Morgan fingerprint density at radius 1 is 1.32 bits per heavy atom. The van der Waals surface area contributed by atoms with Crippen molar-refractivity contribution in [3.63, 3.8) is 0 Å². The summed E-state index contributed by atoms with van der Waals surface area (Å²) in [7, 11) is 1.75. The second-order valence-corrected chi connectivity index (χ2v) is 7.64. The largest absolute Gasteiger partial charge is 0.497 e. The summed E-state index contributed by atoms with van der Waals surface area (Å²) in [6.07, 6.45) is 0.671. The summed E-state index contributed by atoms with van der Waals surface area (Å²) in [5, 5.41) is 0. The summed E-state index contributed by atoms with van der Waals surface area (Å²) in [4.78, 5) is 13.9. The van der Waals surface area contributed by atoms with Gasteiger partial charge in [0.1, 0.15) is 11.5 Å². The molecule has 1 fully saturated rings. The Morgan fingerprint density at radius 2 is 2.05 bits per heavy atom. The normalized spacial score (nSPS) is 19.7. The lowest BCUT2D eigenvalue weighted by Gasteiger charge is -2.24. The van der Waals surface area contributed by atoms with E-state index in [0.29, 0.717) is 17.9 Å². The number of carbonyl (C=O) groups excluding carboxylic acids is 1. The molecule has 1 aromatic carbocycles. The predicted molar refractivity (Wildman–Crippen MR) is 83.1 cm³/mol. The number of rotatable bonds is 5. The molecule has 1 atom stereocenters. The minimum Gasteiger partial charge on any atom is -0.497 e. The Bertz CT molecular complexity index is 656. The van der Waals surface area contributed by atoms with Gasteiger partial charge < -0.3 is 14.4 Å². The third-order valence-electron chi connectivity index (χ3n) is 3.99. The van der Waals surface area contributed by atoms with Crippen LogP contribution in [0.15, 0.2) is 18.2 Å². The first-order chi connectivity index (χ1) is 10.4. The van der Waals surface area contributed by atoms with E-state index in [1.807, 2.05) is 0 Å². The van der Waals surface area contributed by atoms with Gasteiger partial charge in [-0.05, 0) is 12.5 Å². The minimum atomic E-state index is -3.00. The average molecular weight is 327 g/mol. The summed E-state index contributed by atoms with van der Waals surface area (Å²) in [5.41, 5.74) is 0.751. The number of benzene rings is 1. The van der Waals surface area contributed by atoms with Crippen LogP contribution >= 0.6 is 0 Å². The maximum absolute atomic E-state index is 12.4. The second kappa shape index (κ2) is 6.56. The van der Waals surface area contributed by atoms with Gasteiger partial charge in [-0.15, -0.1) is 0 Å². The van der Waals surface area contributed by atoms with Gasteiger partial charge in [-0.3, -0.25) is 4.79 Å². The monoisotopic (exact) mass is 327 g/mol. The number of sulfone groups is 1. The molecule has 122 valence electrons. The summed E-state index contributed by atoms with van der Waals surface area (Å²) < 4.78 is 33.5. The van der Waals surface area contributed by atoms with Crippen molar-refractivity contribution in [3.05, 3.63) is 23.8 Å². The van der Waals surface area contributed by atoms with Crippen LogP contribution in [0.2, 0.25) is 0 Å². The van der Waals surface area contributed by atoms with Gasteiger partial charge in [-0.2, -0.15) is 0 Å².